The van der Waals surface area contributed by atoms with E-state index in [1.807, 2.05) is 0 Å². The number of rotatable bonds is 0. The van der Waals surface area contributed by atoms with E-state index in [2.05, 4.69) is 26.0 Å². The molecular weight excluding hydrogens is 146 g/mol. The number of hydrogen-bond acceptors (Lipinski definition) is 1. The van der Waals surface area contributed by atoms with Crippen LogP contribution in [-0.2, 0) is 6.42 Å². The van der Waals surface area contributed by atoms with Crippen molar-refractivity contribution in [3.8, 4) is 0 Å². The van der Waals surface area contributed by atoms with Gasteiger partial charge in [-0.05, 0) is 48.9 Å². The van der Waals surface area contributed by atoms with E-state index in [1.165, 1.54) is 28.7 Å². The summed E-state index contributed by atoms with van der Waals surface area (Å²) in [5.74, 6) is 0. The van der Waals surface area contributed by atoms with Crippen molar-refractivity contribution < 1.29 is 0 Å². The highest BCUT2D eigenvalue weighted by Gasteiger charge is 2.21. The molecular formula is C11H15N. The summed E-state index contributed by atoms with van der Waals surface area (Å²) in [5.41, 5.74) is 11.7. The Morgan fingerprint density at radius 3 is 2.58 bits per heavy atom. The largest absolute Gasteiger partial charge is 0.324 e. The molecule has 1 aliphatic carbocycles. The average molecular weight is 161 g/mol. The van der Waals surface area contributed by atoms with E-state index in [-0.39, 0.29) is 0 Å². The van der Waals surface area contributed by atoms with Gasteiger partial charge >= 0.3 is 0 Å². The minimum atomic E-state index is 0.292. The summed E-state index contributed by atoms with van der Waals surface area (Å²) in [6, 6.07) is 4.67. The second-order valence-electron chi connectivity index (χ2n) is 3.74. The molecule has 0 amide bonds. The predicted molar refractivity (Wildman–Crippen MR) is 51.2 cm³/mol. The lowest BCUT2D eigenvalue weighted by Gasteiger charge is -2.10. The van der Waals surface area contributed by atoms with Gasteiger partial charge in [0.25, 0.3) is 0 Å². The summed E-state index contributed by atoms with van der Waals surface area (Å²) >= 11 is 0. The molecule has 12 heavy (non-hydrogen) atoms. The Kier molecular flexibility index (Phi) is 1.69. The molecule has 1 aliphatic rings. The zero-order valence-electron chi connectivity index (χ0n) is 7.72. The second-order valence-corrected chi connectivity index (χ2v) is 3.74. The van der Waals surface area contributed by atoms with Crippen LogP contribution in [0.1, 0.15) is 34.7 Å². The molecule has 0 spiro atoms. The third kappa shape index (κ3) is 0.969. The molecule has 64 valence electrons. The summed E-state index contributed by atoms with van der Waals surface area (Å²) in [6.07, 6.45) is 2.30. The molecule has 1 heteroatoms. The van der Waals surface area contributed by atoms with Gasteiger partial charge in [-0.1, -0.05) is 12.1 Å². The lowest BCUT2D eigenvalue weighted by Crippen LogP contribution is -2.07. The minimum absolute atomic E-state index is 0.292. The molecule has 0 radical (unpaired) electrons. The molecule has 1 nitrogen and oxygen atoms in total. The number of benzene rings is 1. The lowest BCUT2D eigenvalue weighted by molar-refractivity contribution is 0.710. The van der Waals surface area contributed by atoms with Gasteiger partial charge < -0.3 is 5.73 Å². The molecule has 0 heterocycles. The van der Waals surface area contributed by atoms with Crippen LogP contribution in [-0.4, -0.2) is 0 Å². The molecule has 1 aromatic rings. The van der Waals surface area contributed by atoms with Crippen LogP contribution in [0, 0.1) is 13.8 Å². The van der Waals surface area contributed by atoms with Gasteiger partial charge in [0.15, 0.2) is 0 Å². The third-order valence-electron chi connectivity index (χ3n) is 2.89. The van der Waals surface area contributed by atoms with Gasteiger partial charge in [-0.15, -0.1) is 0 Å². The first-order valence-corrected chi connectivity index (χ1v) is 4.54. The Morgan fingerprint density at radius 1 is 1.25 bits per heavy atom. The maximum atomic E-state index is 6.02. The van der Waals surface area contributed by atoms with Gasteiger partial charge in [-0.3, -0.25) is 0 Å². The molecule has 1 atom stereocenters. The molecule has 2 rings (SSSR count). The van der Waals surface area contributed by atoms with Crippen LogP contribution in [0.4, 0.5) is 0 Å². The van der Waals surface area contributed by atoms with Crippen LogP contribution < -0.4 is 5.73 Å². The highest BCUT2D eigenvalue weighted by molar-refractivity contribution is 5.44. The first-order valence-electron chi connectivity index (χ1n) is 4.54. The van der Waals surface area contributed by atoms with E-state index in [1.54, 1.807) is 0 Å². The molecule has 0 bridgehead atoms. The lowest BCUT2D eigenvalue weighted by atomic mass is 9.98. The first-order chi connectivity index (χ1) is 5.70. The van der Waals surface area contributed by atoms with Crippen molar-refractivity contribution in [3.63, 3.8) is 0 Å². The smallest absolute Gasteiger partial charge is 0.0303 e. The fourth-order valence-corrected chi connectivity index (χ4v) is 2.18. The van der Waals surface area contributed by atoms with Crippen molar-refractivity contribution in [3.05, 3.63) is 34.4 Å². The Hall–Kier alpha value is -0.820. The normalized spacial score (nSPS) is 21.1. The van der Waals surface area contributed by atoms with E-state index in [0.29, 0.717) is 6.04 Å². The summed E-state index contributed by atoms with van der Waals surface area (Å²) in [6.45, 7) is 4.33. The van der Waals surface area contributed by atoms with Gasteiger partial charge in [-0.25, -0.2) is 0 Å². The molecule has 0 aliphatic heterocycles. The van der Waals surface area contributed by atoms with E-state index >= 15 is 0 Å². The summed E-state index contributed by atoms with van der Waals surface area (Å²) in [7, 11) is 0. The fourth-order valence-electron chi connectivity index (χ4n) is 2.18. The van der Waals surface area contributed by atoms with Gasteiger partial charge in [0.05, 0.1) is 0 Å². The Bertz CT molecular complexity index is 315. The molecule has 0 aromatic heterocycles. The standard InChI is InChI=1S/C11H15N/c1-7-3-4-8(2)11-9(7)5-6-10(11)12/h3-4,10H,5-6,12H2,1-2H3/t10-/m1/s1. The zero-order valence-corrected chi connectivity index (χ0v) is 7.72. The second kappa shape index (κ2) is 2.60. The van der Waals surface area contributed by atoms with E-state index in [9.17, 15) is 0 Å². The number of aryl methyl sites for hydroxylation is 2. The molecule has 0 saturated heterocycles. The maximum Gasteiger partial charge on any atom is 0.0303 e. The van der Waals surface area contributed by atoms with Crippen LogP contribution in [0.5, 0.6) is 0 Å². The van der Waals surface area contributed by atoms with Crippen molar-refractivity contribution in [1.82, 2.24) is 0 Å². The van der Waals surface area contributed by atoms with Gasteiger partial charge in [0.2, 0.25) is 0 Å². The zero-order chi connectivity index (χ0) is 8.72. The molecule has 0 fully saturated rings. The van der Waals surface area contributed by atoms with Crippen LogP contribution in [0.3, 0.4) is 0 Å². The van der Waals surface area contributed by atoms with Crippen molar-refractivity contribution in [2.24, 2.45) is 5.73 Å². The monoisotopic (exact) mass is 161 g/mol. The van der Waals surface area contributed by atoms with Crippen LogP contribution in [0.25, 0.3) is 0 Å². The maximum absolute atomic E-state index is 6.02. The molecule has 0 saturated carbocycles. The van der Waals surface area contributed by atoms with Crippen molar-refractivity contribution >= 4 is 0 Å². The Labute approximate surface area is 73.6 Å². The van der Waals surface area contributed by atoms with Crippen molar-refractivity contribution in [2.45, 2.75) is 32.7 Å². The van der Waals surface area contributed by atoms with Crippen molar-refractivity contribution in [1.29, 1.82) is 0 Å². The quantitative estimate of drug-likeness (QED) is 0.620. The highest BCUT2D eigenvalue weighted by atomic mass is 14.6. The topological polar surface area (TPSA) is 26.0 Å². The Morgan fingerprint density at radius 2 is 1.92 bits per heavy atom. The van der Waals surface area contributed by atoms with E-state index < -0.39 is 0 Å². The molecule has 2 N–H and O–H groups in total. The number of nitrogens with two attached hydrogens (primary N) is 1. The van der Waals surface area contributed by atoms with Crippen LogP contribution in [0.15, 0.2) is 12.1 Å². The van der Waals surface area contributed by atoms with Gasteiger partial charge in [0.1, 0.15) is 0 Å². The van der Waals surface area contributed by atoms with E-state index in [4.69, 9.17) is 5.73 Å². The predicted octanol–water partition coefficient (Wildman–Crippen LogP) is 2.25. The summed E-state index contributed by atoms with van der Waals surface area (Å²) in [4.78, 5) is 0. The first kappa shape index (κ1) is 7.81. The van der Waals surface area contributed by atoms with E-state index in [0.717, 1.165) is 6.42 Å². The van der Waals surface area contributed by atoms with Gasteiger partial charge in [0, 0.05) is 6.04 Å². The summed E-state index contributed by atoms with van der Waals surface area (Å²) < 4.78 is 0. The van der Waals surface area contributed by atoms with Crippen LogP contribution in [0.2, 0.25) is 0 Å². The summed E-state index contributed by atoms with van der Waals surface area (Å²) in [5, 5.41) is 0. The third-order valence-corrected chi connectivity index (χ3v) is 2.89. The Balaban J connectivity index is 2.64. The minimum Gasteiger partial charge on any atom is -0.324 e. The number of hydrogen-bond donors (Lipinski definition) is 1. The average Bonchev–Trinajstić information content (AvgIpc) is 2.42. The van der Waals surface area contributed by atoms with Crippen molar-refractivity contribution in [2.75, 3.05) is 0 Å². The van der Waals surface area contributed by atoms with Crippen LogP contribution >= 0.6 is 0 Å². The molecule has 0 unspecified atom stereocenters. The highest BCUT2D eigenvalue weighted by Crippen LogP contribution is 2.33. The number of fused-ring (bicyclic) bond motifs is 1. The fraction of sp³-hybridized carbons (Fsp3) is 0.455. The SMILES string of the molecule is Cc1ccc(C)c2c1CC[C@H]2N. The molecule has 1 aromatic carbocycles. The van der Waals surface area contributed by atoms with Gasteiger partial charge in [-0.2, -0.15) is 0 Å².